The highest BCUT2D eigenvalue weighted by molar-refractivity contribution is 5.37. The second kappa shape index (κ2) is 5.15. The fraction of sp³-hybridized carbons (Fsp3) is 0.500. The molecule has 0 bridgehead atoms. The van der Waals surface area contributed by atoms with Gasteiger partial charge in [0.15, 0.2) is 0 Å². The van der Waals surface area contributed by atoms with E-state index in [0.29, 0.717) is 12.0 Å². The number of likely N-dealkylation sites (N-methyl/N-ethyl adjacent to an activating group) is 1. The molecule has 2 nitrogen and oxygen atoms in total. The molecule has 1 aromatic carbocycles. The highest BCUT2D eigenvalue weighted by Crippen LogP contribution is 2.38. The second-order valence-corrected chi connectivity index (χ2v) is 5.12. The third kappa shape index (κ3) is 2.05. The van der Waals surface area contributed by atoms with Gasteiger partial charge in [-0.25, -0.2) is 0 Å². The van der Waals surface area contributed by atoms with E-state index in [2.05, 4.69) is 42.6 Å². The molecule has 0 aromatic heterocycles. The van der Waals surface area contributed by atoms with Crippen LogP contribution in [0.5, 0.6) is 0 Å². The van der Waals surface area contributed by atoms with E-state index in [1.165, 1.54) is 29.7 Å². The van der Waals surface area contributed by atoms with E-state index in [9.17, 15) is 0 Å². The van der Waals surface area contributed by atoms with Crippen LogP contribution >= 0.6 is 0 Å². The lowest BCUT2D eigenvalue weighted by atomic mass is 9.91. The highest BCUT2D eigenvalue weighted by Gasteiger charge is 2.32. The van der Waals surface area contributed by atoms with E-state index in [0.717, 1.165) is 19.6 Å². The molecule has 0 radical (unpaired) electrons. The Labute approximate surface area is 109 Å². The number of fused-ring (bicyclic) bond motifs is 1. The molecule has 1 N–H and O–H groups in total. The molecule has 2 heteroatoms. The molecule has 96 valence electrons. The van der Waals surface area contributed by atoms with Crippen molar-refractivity contribution >= 4 is 0 Å². The monoisotopic (exact) mass is 243 g/mol. The van der Waals surface area contributed by atoms with Crippen molar-refractivity contribution in [2.24, 2.45) is 0 Å². The van der Waals surface area contributed by atoms with Crippen molar-refractivity contribution < 1.29 is 4.74 Å². The van der Waals surface area contributed by atoms with Gasteiger partial charge in [0.25, 0.3) is 0 Å². The van der Waals surface area contributed by atoms with Gasteiger partial charge in [0.05, 0.1) is 12.6 Å². The van der Waals surface area contributed by atoms with Crippen molar-refractivity contribution in [3.05, 3.63) is 47.2 Å². The minimum atomic E-state index is 0.362. The van der Waals surface area contributed by atoms with Crippen LogP contribution < -0.4 is 5.32 Å². The van der Waals surface area contributed by atoms with Crippen molar-refractivity contribution in [1.29, 1.82) is 0 Å². The van der Waals surface area contributed by atoms with Crippen LogP contribution in [-0.2, 0) is 11.2 Å². The summed E-state index contributed by atoms with van der Waals surface area (Å²) in [7, 11) is 0. The first kappa shape index (κ1) is 11.8. The van der Waals surface area contributed by atoms with E-state index in [1.807, 2.05) is 0 Å². The molecule has 0 amide bonds. The Morgan fingerprint density at radius 2 is 2.28 bits per heavy atom. The highest BCUT2D eigenvalue weighted by atomic mass is 16.5. The Balaban J connectivity index is 1.88. The summed E-state index contributed by atoms with van der Waals surface area (Å²) in [5.41, 5.74) is 3.03. The molecule has 2 aliphatic rings. The van der Waals surface area contributed by atoms with E-state index >= 15 is 0 Å². The number of aryl methyl sites for hydroxylation is 1. The summed E-state index contributed by atoms with van der Waals surface area (Å²) in [6, 6.07) is 9.22. The summed E-state index contributed by atoms with van der Waals surface area (Å²) >= 11 is 0. The Morgan fingerprint density at radius 3 is 3.06 bits per heavy atom. The topological polar surface area (TPSA) is 21.3 Å². The number of rotatable bonds is 4. The van der Waals surface area contributed by atoms with Gasteiger partial charge in [-0.1, -0.05) is 31.2 Å². The van der Waals surface area contributed by atoms with Gasteiger partial charge in [0.2, 0.25) is 0 Å². The molecule has 18 heavy (non-hydrogen) atoms. The molecular formula is C16H21NO. The van der Waals surface area contributed by atoms with Gasteiger partial charge >= 0.3 is 0 Å². The van der Waals surface area contributed by atoms with Crippen molar-refractivity contribution in [2.75, 3.05) is 13.2 Å². The number of hydrogen-bond donors (Lipinski definition) is 1. The zero-order chi connectivity index (χ0) is 12.4. The van der Waals surface area contributed by atoms with Gasteiger partial charge in [-0.3, -0.25) is 0 Å². The fourth-order valence-corrected chi connectivity index (χ4v) is 3.25. The SMILES string of the molecule is CCNC(C1=CCCO1)C1CCc2ccccc21. The summed E-state index contributed by atoms with van der Waals surface area (Å²) in [5.74, 6) is 1.74. The van der Waals surface area contributed by atoms with Gasteiger partial charge in [0.1, 0.15) is 5.76 Å². The Hall–Kier alpha value is -1.28. The molecule has 1 aliphatic carbocycles. The molecular weight excluding hydrogens is 222 g/mol. The van der Waals surface area contributed by atoms with Crippen molar-refractivity contribution in [3.63, 3.8) is 0 Å². The maximum Gasteiger partial charge on any atom is 0.110 e. The van der Waals surface area contributed by atoms with Crippen LogP contribution in [0.25, 0.3) is 0 Å². The van der Waals surface area contributed by atoms with Gasteiger partial charge in [-0.05, 0) is 36.6 Å². The Morgan fingerprint density at radius 1 is 1.39 bits per heavy atom. The second-order valence-electron chi connectivity index (χ2n) is 5.12. The molecule has 0 fully saturated rings. The normalized spacial score (nSPS) is 23.4. The lowest BCUT2D eigenvalue weighted by Gasteiger charge is -2.26. The maximum atomic E-state index is 5.79. The number of hydrogen-bond acceptors (Lipinski definition) is 2. The first-order valence-electron chi connectivity index (χ1n) is 7.04. The zero-order valence-electron chi connectivity index (χ0n) is 11.0. The van der Waals surface area contributed by atoms with E-state index in [1.54, 1.807) is 0 Å². The van der Waals surface area contributed by atoms with Crippen molar-refractivity contribution in [3.8, 4) is 0 Å². The average molecular weight is 243 g/mol. The van der Waals surface area contributed by atoms with Gasteiger partial charge < -0.3 is 10.1 Å². The molecule has 2 atom stereocenters. The van der Waals surface area contributed by atoms with E-state index in [-0.39, 0.29) is 0 Å². The summed E-state index contributed by atoms with van der Waals surface area (Å²) in [6.07, 6.45) is 5.76. The summed E-state index contributed by atoms with van der Waals surface area (Å²) in [5, 5.41) is 3.61. The van der Waals surface area contributed by atoms with Crippen molar-refractivity contribution in [1.82, 2.24) is 5.32 Å². The lowest BCUT2D eigenvalue weighted by molar-refractivity contribution is 0.206. The third-order valence-corrected chi connectivity index (χ3v) is 4.04. The minimum absolute atomic E-state index is 0.362. The number of ether oxygens (including phenoxy) is 1. The number of nitrogens with one attached hydrogen (secondary N) is 1. The smallest absolute Gasteiger partial charge is 0.110 e. The minimum Gasteiger partial charge on any atom is -0.496 e. The molecule has 0 saturated heterocycles. The predicted molar refractivity (Wildman–Crippen MR) is 73.6 cm³/mol. The van der Waals surface area contributed by atoms with Gasteiger partial charge in [0, 0.05) is 12.3 Å². The number of benzene rings is 1. The molecule has 2 unspecified atom stereocenters. The largest absolute Gasteiger partial charge is 0.496 e. The summed E-state index contributed by atoms with van der Waals surface area (Å²) in [6.45, 7) is 4.01. The van der Waals surface area contributed by atoms with Crippen molar-refractivity contribution in [2.45, 2.75) is 38.1 Å². The fourth-order valence-electron chi connectivity index (χ4n) is 3.25. The van der Waals surface area contributed by atoms with Crippen LogP contribution in [0.1, 0.15) is 36.8 Å². The third-order valence-electron chi connectivity index (χ3n) is 4.04. The molecule has 3 rings (SSSR count). The van der Waals surface area contributed by atoms with E-state index in [4.69, 9.17) is 4.74 Å². The lowest BCUT2D eigenvalue weighted by Crippen LogP contribution is -2.36. The summed E-state index contributed by atoms with van der Waals surface area (Å²) < 4.78 is 5.79. The van der Waals surface area contributed by atoms with Crippen LogP contribution in [0.2, 0.25) is 0 Å². The quantitative estimate of drug-likeness (QED) is 0.877. The van der Waals surface area contributed by atoms with Crippen LogP contribution in [0, 0.1) is 0 Å². The van der Waals surface area contributed by atoms with Crippen LogP contribution in [0.15, 0.2) is 36.1 Å². The van der Waals surface area contributed by atoms with Gasteiger partial charge in [-0.2, -0.15) is 0 Å². The van der Waals surface area contributed by atoms with Crippen LogP contribution in [-0.4, -0.2) is 19.2 Å². The first-order chi connectivity index (χ1) is 8.90. The standard InChI is InChI=1S/C16H21NO/c1-2-17-16(15-8-5-11-18-15)14-10-9-12-6-3-4-7-13(12)14/h3-4,6-8,14,16-17H,2,5,9-11H2,1H3. The molecule has 0 saturated carbocycles. The Bertz CT molecular complexity index is 452. The summed E-state index contributed by atoms with van der Waals surface area (Å²) in [4.78, 5) is 0. The first-order valence-corrected chi connectivity index (χ1v) is 7.04. The predicted octanol–water partition coefficient (Wildman–Crippen LogP) is 3.00. The maximum absolute atomic E-state index is 5.79. The molecule has 1 aliphatic heterocycles. The van der Waals surface area contributed by atoms with Crippen LogP contribution in [0.3, 0.4) is 0 Å². The average Bonchev–Trinajstić information content (AvgIpc) is 3.06. The molecule has 0 spiro atoms. The molecule has 1 aromatic rings. The van der Waals surface area contributed by atoms with Gasteiger partial charge in [-0.15, -0.1) is 0 Å². The van der Waals surface area contributed by atoms with Crippen LogP contribution in [0.4, 0.5) is 0 Å². The molecule has 1 heterocycles. The van der Waals surface area contributed by atoms with E-state index < -0.39 is 0 Å². The zero-order valence-corrected chi connectivity index (χ0v) is 11.0. The Kier molecular flexibility index (Phi) is 3.37.